The minimum atomic E-state index is -0.890. The van der Waals surface area contributed by atoms with E-state index in [1.165, 1.54) is 0 Å². The number of carbonyl (C=O) groups excluding carboxylic acids is 8. The maximum atomic E-state index is 12.6. The third-order valence-corrected chi connectivity index (χ3v) is 16.7. The molecule has 60 nitrogen and oxygen atoms in total. The minimum Gasteiger partial charge on any atom is -0.379 e. The highest BCUT2D eigenvalue weighted by molar-refractivity contribution is 5.80. The summed E-state index contributed by atoms with van der Waals surface area (Å²) in [5.41, 5.74) is 68.6. The van der Waals surface area contributed by atoms with Crippen LogP contribution < -0.4 is 37.2 Å². The molecule has 0 aliphatic heterocycles. The molecule has 6 unspecified atom stereocenters. The smallest absolute Gasteiger partial charge is 0.245 e. The number of ketones is 1. The Morgan fingerprint density at radius 2 is 0.360 bits per heavy atom. The number of hydrogen-bond acceptors (Lipinski definition) is 37. The topological polar surface area (TPSA) is 805 Å². The number of ether oxygens (including phenoxy) is 21. The van der Waals surface area contributed by atoms with Crippen LogP contribution >= 0.6 is 0 Å². The van der Waals surface area contributed by atoms with E-state index >= 15 is 0 Å². The summed E-state index contributed by atoms with van der Waals surface area (Å²) in [5.74, 6) is -3.04. The summed E-state index contributed by atoms with van der Waals surface area (Å²) in [7, 11) is 0. The van der Waals surface area contributed by atoms with Crippen molar-refractivity contribution in [1.29, 1.82) is 0 Å². The van der Waals surface area contributed by atoms with E-state index in [0.717, 1.165) is 0 Å². The fourth-order valence-corrected chi connectivity index (χ4v) is 10.2. The van der Waals surface area contributed by atoms with E-state index in [4.69, 9.17) is 144 Å². The lowest BCUT2D eigenvalue weighted by atomic mass is 10.2. The average Bonchev–Trinajstić information content (AvgIpc) is 0.942. The number of azide groups is 8. The summed E-state index contributed by atoms with van der Waals surface area (Å²) in [6.07, 6.45) is -0.385. The van der Waals surface area contributed by atoms with Gasteiger partial charge in [-0.25, -0.2) is 0 Å². The van der Waals surface area contributed by atoms with Crippen LogP contribution in [-0.4, -0.2) is 420 Å². The molecule has 136 heavy (non-hydrogen) atoms. The van der Waals surface area contributed by atoms with E-state index in [1.807, 2.05) is 0 Å². The Hall–Kier alpha value is -10.4. The molecular formula is C76H137N31O29. The van der Waals surface area contributed by atoms with Gasteiger partial charge in [-0.1, -0.05) is 40.9 Å². The molecule has 7 N–H and O–H groups in total. The molecule has 0 aliphatic carbocycles. The van der Waals surface area contributed by atoms with Crippen LogP contribution in [0.3, 0.4) is 0 Å². The summed E-state index contributed by atoms with van der Waals surface area (Å²) in [5, 5.41) is 46.4. The molecule has 770 valence electrons. The maximum Gasteiger partial charge on any atom is 0.245 e. The number of nitrogens with zero attached hydrogens (tertiary/aromatic N) is 24. The summed E-state index contributed by atoms with van der Waals surface area (Å²) >= 11 is 0. The third-order valence-electron chi connectivity index (χ3n) is 16.7. The van der Waals surface area contributed by atoms with Crippen LogP contribution in [0.25, 0.3) is 83.5 Å². The van der Waals surface area contributed by atoms with E-state index in [-0.39, 0.29) is 348 Å². The second-order valence-electron chi connectivity index (χ2n) is 28.1. The number of Topliss-reactive ketones (excluding diaryl/α,β-unsaturated/α-hetero) is 1. The highest BCUT2D eigenvalue weighted by Gasteiger charge is 2.23. The van der Waals surface area contributed by atoms with Crippen LogP contribution in [0.5, 0.6) is 0 Å². The molecule has 6 atom stereocenters. The second-order valence-corrected chi connectivity index (χ2v) is 28.1. The Balaban J connectivity index is 7.24. The zero-order valence-corrected chi connectivity index (χ0v) is 77.4. The van der Waals surface area contributed by atoms with Gasteiger partial charge in [0, 0.05) is 157 Å². The first-order chi connectivity index (χ1) is 66.7. The third kappa shape index (κ3) is 91.4. The van der Waals surface area contributed by atoms with Gasteiger partial charge in [0.05, 0.1) is 172 Å². The lowest BCUT2D eigenvalue weighted by Gasteiger charge is -2.24. The highest BCUT2D eigenvalue weighted by Crippen LogP contribution is 2.09. The number of unbranched alkanes of at least 4 members (excludes halogenated alkanes) is 1. The van der Waals surface area contributed by atoms with Crippen LogP contribution in [0.4, 0.5) is 0 Å². The van der Waals surface area contributed by atoms with Gasteiger partial charge >= 0.3 is 0 Å². The second kappa shape index (κ2) is 101. The Morgan fingerprint density at radius 1 is 0.191 bits per heavy atom. The Bertz CT molecular complexity index is 3510. The quantitative estimate of drug-likeness (QED) is 0.0197. The van der Waals surface area contributed by atoms with Gasteiger partial charge in [0.1, 0.15) is 89.5 Å². The van der Waals surface area contributed by atoms with Crippen molar-refractivity contribution in [3.63, 3.8) is 0 Å². The molecule has 0 aromatic rings. The SMILES string of the molecule is [N-]=[N+]=NCCCCC(=O)COCCOCC(COCC(COCC(COCC(COCC(COCC(COCCCOCC(=O)NCCCN=[N+]=[N-])OCCOCC(=O)NCCCN=[N+]=[N-])OCCOCC(=O)NCCCN=[N+]=[N-])OCCOCC(=O)NCCCN=[N+]=[N-])OCCOCC(=O)NCCCN=[N+]=[N-])OCCOCC(=O)NCCCN=[N+]=[N-])OCCOCC(=O)NCCCN=[N+]=[N-]. The van der Waals surface area contributed by atoms with Gasteiger partial charge in [0.2, 0.25) is 41.4 Å². The fraction of sp³-hybridized carbons (Fsp3) is 0.895. The van der Waals surface area contributed by atoms with E-state index in [9.17, 15) is 38.4 Å². The zero-order chi connectivity index (χ0) is 99.0. The molecule has 0 fully saturated rings. The molecule has 0 saturated carbocycles. The largest absolute Gasteiger partial charge is 0.379 e. The predicted octanol–water partition coefficient (Wildman–Crippen LogP) is 3.70. The van der Waals surface area contributed by atoms with Gasteiger partial charge in [0.15, 0.2) is 5.78 Å². The zero-order valence-electron chi connectivity index (χ0n) is 77.4. The number of nitrogens with one attached hydrogen (secondary N) is 7. The minimum absolute atomic E-state index is 0.00203. The van der Waals surface area contributed by atoms with Gasteiger partial charge in [-0.2, -0.15) is 0 Å². The van der Waals surface area contributed by atoms with Gasteiger partial charge in [-0.3, -0.25) is 38.4 Å². The van der Waals surface area contributed by atoms with Crippen LogP contribution in [0.2, 0.25) is 0 Å². The predicted molar refractivity (Wildman–Crippen MR) is 480 cm³/mol. The van der Waals surface area contributed by atoms with Crippen molar-refractivity contribution in [3.8, 4) is 0 Å². The van der Waals surface area contributed by atoms with Gasteiger partial charge in [-0.15, -0.1) is 0 Å². The van der Waals surface area contributed by atoms with Crippen molar-refractivity contribution in [2.75, 3.05) is 336 Å². The van der Waals surface area contributed by atoms with Crippen LogP contribution in [0.15, 0.2) is 40.9 Å². The lowest BCUT2D eigenvalue weighted by molar-refractivity contribution is -0.135. The van der Waals surface area contributed by atoms with Crippen molar-refractivity contribution >= 4 is 47.1 Å². The van der Waals surface area contributed by atoms with Crippen molar-refractivity contribution < 1.29 is 138 Å². The first-order valence-electron chi connectivity index (χ1n) is 44.5. The number of amides is 7. The molecule has 0 aromatic carbocycles. The summed E-state index contributed by atoms with van der Waals surface area (Å²) < 4.78 is 125. The standard InChI is InChI=1S/C76H137N31O29/c77-100-92-19-2-1-11-63(108)43-118-29-30-119-45-65(132-38-32-121-58-72(111)87-14-5-22-95-103-80)47-127-49-67(134-40-34-123-60-74(113)89-16-7-24-97-105-82)51-129-53-69(136-42-36-125-62-76(115)91-18-9-26-99-107-84)55-130-54-68(135-41-35-124-61-75(114)90-17-8-25-98-106-83)52-128-50-66(133-39-33-122-59-73(112)88-15-6-23-96-104-81)48-126-46-64(131-37-31-120-57-71(110)86-13-4-21-94-102-79)44-116-27-10-28-117-56-70(109)85-12-3-20-93-101-78/h64-69H,1-62H2,(H,85,109)(H,86,110)(H,87,111)(H,88,112)(H,89,113)(H,90,114)(H,91,115). The van der Waals surface area contributed by atoms with Gasteiger partial charge in [0.25, 0.3) is 0 Å². The first-order valence-corrected chi connectivity index (χ1v) is 44.5. The molecule has 7 amide bonds. The summed E-state index contributed by atoms with van der Waals surface area (Å²) in [6.45, 7) is -0.690. The normalized spacial score (nSPS) is 12.1. The Morgan fingerprint density at radius 3 is 0.581 bits per heavy atom. The number of hydrogen-bond donors (Lipinski definition) is 7. The van der Waals surface area contributed by atoms with Crippen LogP contribution in [0.1, 0.15) is 70.6 Å². The van der Waals surface area contributed by atoms with E-state index in [2.05, 4.69) is 117 Å². The first kappa shape index (κ1) is 126. The number of carbonyl (C=O) groups is 8. The van der Waals surface area contributed by atoms with Crippen molar-refractivity contribution in [1.82, 2.24) is 37.2 Å². The van der Waals surface area contributed by atoms with Crippen LogP contribution in [0, 0.1) is 0 Å². The van der Waals surface area contributed by atoms with Crippen LogP contribution in [-0.2, 0) is 138 Å². The number of rotatable bonds is 104. The Kier molecular flexibility index (Phi) is 92.8. The van der Waals surface area contributed by atoms with E-state index < -0.39 is 72.1 Å². The van der Waals surface area contributed by atoms with Gasteiger partial charge in [-0.05, 0) is 108 Å². The van der Waals surface area contributed by atoms with Gasteiger partial charge < -0.3 is 137 Å². The average molecular weight is 1950 g/mol. The Labute approximate surface area is 787 Å². The van der Waals surface area contributed by atoms with Crippen molar-refractivity contribution in [2.24, 2.45) is 40.9 Å². The molecular weight excluding hydrogens is 1810 g/mol. The summed E-state index contributed by atoms with van der Waals surface area (Å²) in [4.78, 5) is 122. The molecule has 0 spiro atoms. The highest BCUT2D eigenvalue weighted by atomic mass is 16.6. The lowest BCUT2D eigenvalue weighted by Crippen LogP contribution is -2.36. The van der Waals surface area contributed by atoms with E-state index in [1.54, 1.807) is 0 Å². The molecule has 0 radical (unpaired) electrons. The van der Waals surface area contributed by atoms with Crippen molar-refractivity contribution in [3.05, 3.63) is 83.5 Å². The van der Waals surface area contributed by atoms with Crippen molar-refractivity contribution in [2.45, 2.75) is 107 Å². The van der Waals surface area contributed by atoms with E-state index in [0.29, 0.717) is 70.8 Å². The fourth-order valence-electron chi connectivity index (χ4n) is 10.2. The monoisotopic (exact) mass is 1950 g/mol. The molecule has 0 heterocycles. The molecule has 0 aliphatic rings. The summed E-state index contributed by atoms with van der Waals surface area (Å²) in [6, 6.07) is 0. The molecule has 0 rings (SSSR count). The molecule has 0 saturated heterocycles. The maximum absolute atomic E-state index is 12.6. The molecule has 0 aromatic heterocycles. The molecule has 60 heteroatoms. The molecule has 0 bridgehead atoms.